The number of benzene rings is 1. The van der Waals surface area contributed by atoms with E-state index < -0.39 is 0 Å². The summed E-state index contributed by atoms with van der Waals surface area (Å²) in [7, 11) is 0. The van der Waals surface area contributed by atoms with E-state index in [0.29, 0.717) is 32.5 Å². The van der Waals surface area contributed by atoms with Crippen LogP contribution in [0.2, 0.25) is 10.0 Å². The molecule has 1 N–H and O–H groups in total. The van der Waals surface area contributed by atoms with Gasteiger partial charge in [-0.2, -0.15) is 0 Å². The molecule has 0 atom stereocenters. The van der Waals surface area contributed by atoms with E-state index in [1.165, 1.54) is 22.5 Å². The van der Waals surface area contributed by atoms with Crippen LogP contribution in [0.1, 0.15) is 11.6 Å². The van der Waals surface area contributed by atoms with E-state index in [2.05, 4.69) is 15.6 Å². The summed E-state index contributed by atoms with van der Waals surface area (Å²) in [4.78, 5) is 12.1. The minimum absolute atomic E-state index is 0.328. The highest BCUT2D eigenvalue weighted by atomic mass is 35.5. The predicted molar refractivity (Wildman–Crippen MR) is 104 cm³/mol. The first-order valence-electron chi connectivity index (χ1n) is 7.48. The van der Waals surface area contributed by atoms with Crippen molar-refractivity contribution in [1.29, 1.82) is 0 Å². The van der Waals surface area contributed by atoms with Crippen molar-refractivity contribution in [2.75, 3.05) is 11.7 Å². The Balaban J connectivity index is 1.72. The summed E-state index contributed by atoms with van der Waals surface area (Å²) in [5, 5.41) is 9.52. The van der Waals surface area contributed by atoms with Gasteiger partial charge in [0.15, 0.2) is 0 Å². The van der Waals surface area contributed by atoms with E-state index in [9.17, 15) is 4.79 Å². The minimum atomic E-state index is -0.328. The average Bonchev–Trinajstić information content (AvgIpc) is 3.20. The molecular weight excluding hydrogens is 395 g/mol. The summed E-state index contributed by atoms with van der Waals surface area (Å²) in [6.45, 7) is 1.76. The molecule has 0 aliphatic carbocycles. The fraction of sp³-hybridized carbons (Fsp3) is 0.118. The van der Waals surface area contributed by atoms with Crippen LogP contribution >= 0.6 is 35.0 Å². The van der Waals surface area contributed by atoms with Crippen molar-refractivity contribution in [2.45, 2.75) is 12.1 Å². The van der Waals surface area contributed by atoms with Crippen LogP contribution in [0.5, 0.6) is 0 Å². The van der Waals surface area contributed by atoms with Gasteiger partial charge in [-0.1, -0.05) is 35.0 Å². The molecule has 1 aromatic carbocycles. The second-order valence-corrected chi connectivity index (χ2v) is 6.82. The molecule has 0 unspecified atom stereocenters. The lowest BCUT2D eigenvalue weighted by Crippen LogP contribution is -2.22. The molecule has 0 radical (unpaired) electrons. The summed E-state index contributed by atoms with van der Waals surface area (Å²) < 4.78 is 7.24. The summed E-state index contributed by atoms with van der Waals surface area (Å²) in [5.74, 6) is 1.37. The molecule has 0 aliphatic heterocycles. The number of nitrogens with zero attached hydrogens (tertiary/aromatic N) is 3. The summed E-state index contributed by atoms with van der Waals surface area (Å²) in [5.41, 5.74) is 3.43. The van der Waals surface area contributed by atoms with Crippen LogP contribution in [0.15, 0.2) is 46.0 Å². The van der Waals surface area contributed by atoms with Crippen molar-refractivity contribution in [3.05, 3.63) is 58.0 Å². The number of hydrogen-bond donors (Lipinski definition) is 1. The van der Waals surface area contributed by atoms with Gasteiger partial charge >= 0.3 is 0 Å². The fourth-order valence-electron chi connectivity index (χ4n) is 2.19. The highest BCUT2D eigenvalue weighted by Gasteiger charge is 2.10. The standard InChI is InChI=1S/C17H14Cl2N4O2S/c1-10-20-21-17(26-2)23(10)22-16(24)8-5-12-4-7-15(25-12)13-6-3-11(18)9-14(13)19/h3-9H,1-2H3,(H,22,24)/b8-5+. The Morgan fingerprint density at radius 1 is 1.27 bits per heavy atom. The molecule has 0 spiro atoms. The second-order valence-electron chi connectivity index (χ2n) is 5.20. The maximum Gasteiger partial charge on any atom is 0.263 e. The first kappa shape index (κ1) is 18.6. The number of halogens is 2. The molecule has 6 nitrogen and oxygen atoms in total. The van der Waals surface area contributed by atoms with Crippen molar-refractivity contribution >= 4 is 46.9 Å². The minimum Gasteiger partial charge on any atom is -0.457 e. The monoisotopic (exact) mass is 408 g/mol. The zero-order valence-corrected chi connectivity index (χ0v) is 16.2. The van der Waals surface area contributed by atoms with Crippen LogP contribution in [0.3, 0.4) is 0 Å². The number of thioether (sulfide) groups is 1. The van der Waals surface area contributed by atoms with Crippen molar-refractivity contribution < 1.29 is 9.21 Å². The Morgan fingerprint density at radius 3 is 2.81 bits per heavy atom. The van der Waals surface area contributed by atoms with E-state index in [1.807, 2.05) is 6.26 Å². The normalized spacial score (nSPS) is 11.2. The van der Waals surface area contributed by atoms with Gasteiger partial charge in [0.25, 0.3) is 5.91 Å². The molecule has 1 amide bonds. The van der Waals surface area contributed by atoms with Gasteiger partial charge < -0.3 is 4.42 Å². The average molecular weight is 409 g/mol. The Kier molecular flexibility index (Phi) is 5.70. The van der Waals surface area contributed by atoms with Crippen molar-refractivity contribution in [3.63, 3.8) is 0 Å². The number of aryl methyl sites for hydroxylation is 1. The summed E-state index contributed by atoms with van der Waals surface area (Å²) in [6.07, 6.45) is 4.80. The molecule has 0 saturated heterocycles. The van der Waals surface area contributed by atoms with Crippen LogP contribution in [-0.4, -0.2) is 27.0 Å². The topological polar surface area (TPSA) is 73.0 Å². The molecule has 0 aliphatic rings. The van der Waals surface area contributed by atoms with Crippen molar-refractivity contribution in [3.8, 4) is 11.3 Å². The van der Waals surface area contributed by atoms with Crippen molar-refractivity contribution in [2.24, 2.45) is 0 Å². The first-order valence-corrected chi connectivity index (χ1v) is 9.46. The van der Waals surface area contributed by atoms with E-state index in [0.717, 1.165) is 5.56 Å². The lowest BCUT2D eigenvalue weighted by molar-refractivity contribution is -0.112. The van der Waals surface area contributed by atoms with Gasteiger partial charge in [-0.15, -0.1) is 10.2 Å². The van der Waals surface area contributed by atoms with Crippen LogP contribution in [0, 0.1) is 6.92 Å². The van der Waals surface area contributed by atoms with Crippen LogP contribution in [0.4, 0.5) is 0 Å². The SMILES string of the molecule is CSc1nnc(C)n1NC(=O)/C=C/c1ccc(-c2ccc(Cl)cc2Cl)o1. The molecule has 2 aromatic heterocycles. The van der Waals surface area contributed by atoms with E-state index in [-0.39, 0.29) is 5.91 Å². The van der Waals surface area contributed by atoms with E-state index in [4.69, 9.17) is 27.6 Å². The first-order chi connectivity index (χ1) is 12.5. The third-order valence-electron chi connectivity index (χ3n) is 3.42. The molecule has 0 bridgehead atoms. The van der Waals surface area contributed by atoms with Gasteiger partial charge in [-0.3, -0.25) is 10.2 Å². The predicted octanol–water partition coefficient (Wildman–Crippen LogP) is 4.66. The zero-order chi connectivity index (χ0) is 18.7. The molecule has 26 heavy (non-hydrogen) atoms. The maximum absolute atomic E-state index is 12.1. The zero-order valence-electron chi connectivity index (χ0n) is 13.9. The Labute approximate surface area is 164 Å². The molecule has 9 heteroatoms. The maximum atomic E-state index is 12.1. The van der Waals surface area contributed by atoms with Gasteiger partial charge in [0.2, 0.25) is 5.16 Å². The fourth-order valence-corrected chi connectivity index (χ4v) is 3.17. The molecule has 0 saturated carbocycles. The number of rotatable bonds is 5. The highest BCUT2D eigenvalue weighted by Crippen LogP contribution is 2.31. The largest absolute Gasteiger partial charge is 0.457 e. The van der Waals surface area contributed by atoms with Crippen LogP contribution < -0.4 is 5.43 Å². The Bertz CT molecular complexity index is 981. The molecule has 3 aromatic rings. The lowest BCUT2D eigenvalue weighted by atomic mass is 10.2. The van der Waals surface area contributed by atoms with Crippen LogP contribution in [0.25, 0.3) is 17.4 Å². The lowest BCUT2D eigenvalue weighted by Gasteiger charge is -2.06. The number of furan rings is 1. The quantitative estimate of drug-likeness (QED) is 0.490. The van der Waals surface area contributed by atoms with Crippen molar-refractivity contribution in [1.82, 2.24) is 14.9 Å². The Morgan fingerprint density at radius 2 is 2.08 bits per heavy atom. The molecule has 134 valence electrons. The van der Waals surface area contributed by atoms with E-state index >= 15 is 0 Å². The number of aromatic nitrogens is 3. The van der Waals surface area contributed by atoms with Gasteiger partial charge in [0, 0.05) is 16.7 Å². The van der Waals surface area contributed by atoms with Gasteiger partial charge in [-0.25, -0.2) is 4.68 Å². The molecule has 3 rings (SSSR count). The third kappa shape index (κ3) is 4.12. The number of amides is 1. The highest BCUT2D eigenvalue weighted by molar-refractivity contribution is 7.98. The summed E-state index contributed by atoms with van der Waals surface area (Å²) in [6, 6.07) is 8.69. The second kappa shape index (κ2) is 7.99. The summed E-state index contributed by atoms with van der Waals surface area (Å²) >= 11 is 13.5. The molecule has 0 fully saturated rings. The number of hydrogen-bond acceptors (Lipinski definition) is 5. The molecule has 2 heterocycles. The van der Waals surface area contributed by atoms with Crippen LogP contribution in [-0.2, 0) is 4.79 Å². The molecular formula is C17H14Cl2N4O2S. The van der Waals surface area contributed by atoms with Gasteiger partial charge in [0.05, 0.1) is 5.02 Å². The Hall–Kier alpha value is -2.22. The number of carbonyl (C=O) groups excluding carboxylic acids is 1. The third-order valence-corrected chi connectivity index (χ3v) is 4.60. The van der Waals surface area contributed by atoms with E-state index in [1.54, 1.807) is 43.3 Å². The van der Waals surface area contributed by atoms with Gasteiger partial charge in [0.1, 0.15) is 17.3 Å². The smallest absolute Gasteiger partial charge is 0.263 e. The number of carbonyl (C=O) groups is 1. The number of nitrogens with one attached hydrogen (secondary N) is 1. The van der Waals surface area contributed by atoms with Gasteiger partial charge in [-0.05, 0) is 49.6 Å².